The Labute approximate surface area is 126 Å². The molecule has 3 rings (SSSR count). The first kappa shape index (κ1) is 14.1. The maximum atomic E-state index is 4.17. The summed E-state index contributed by atoms with van der Waals surface area (Å²) in [5.41, 5.74) is 2.84. The molecule has 1 aromatic heterocycles. The standard InChI is InChI=1S/C17H24N4/c1-17(2)9-4-3-8-16(17)20-15-7-5-6-14(10-15)11-21-13-18-12-19-21/h5-7,10,12-13,16,20H,3-4,8-9,11H2,1-2H3. The summed E-state index contributed by atoms with van der Waals surface area (Å²) in [7, 11) is 0. The number of benzene rings is 1. The summed E-state index contributed by atoms with van der Waals surface area (Å²) in [6.45, 7) is 5.52. The fourth-order valence-corrected chi connectivity index (χ4v) is 3.22. The topological polar surface area (TPSA) is 42.7 Å². The molecule has 1 unspecified atom stereocenters. The van der Waals surface area contributed by atoms with E-state index in [1.807, 2.05) is 4.68 Å². The first-order valence-corrected chi connectivity index (χ1v) is 7.81. The lowest BCUT2D eigenvalue weighted by Crippen LogP contribution is -2.38. The lowest BCUT2D eigenvalue weighted by atomic mass is 9.73. The second-order valence-electron chi connectivity index (χ2n) is 6.72. The highest BCUT2D eigenvalue weighted by atomic mass is 15.3. The molecule has 112 valence electrons. The Hall–Kier alpha value is -1.84. The average Bonchev–Trinajstić information content (AvgIpc) is 2.94. The first-order valence-electron chi connectivity index (χ1n) is 7.81. The summed E-state index contributed by atoms with van der Waals surface area (Å²) in [5.74, 6) is 0. The van der Waals surface area contributed by atoms with E-state index >= 15 is 0 Å². The number of nitrogens with one attached hydrogen (secondary N) is 1. The molecule has 0 bridgehead atoms. The SMILES string of the molecule is CC1(C)CCCCC1Nc1cccc(Cn2cncn2)c1. The van der Waals surface area contributed by atoms with Crippen molar-refractivity contribution in [1.29, 1.82) is 0 Å². The van der Waals surface area contributed by atoms with E-state index in [4.69, 9.17) is 0 Å². The van der Waals surface area contributed by atoms with E-state index < -0.39 is 0 Å². The summed E-state index contributed by atoms with van der Waals surface area (Å²) in [4.78, 5) is 3.99. The van der Waals surface area contributed by atoms with Gasteiger partial charge in [0.1, 0.15) is 12.7 Å². The van der Waals surface area contributed by atoms with Crippen molar-refractivity contribution < 1.29 is 0 Å². The van der Waals surface area contributed by atoms with E-state index in [1.165, 1.54) is 36.9 Å². The third-order valence-corrected chi connectivity index (χ3v) is 4.59. The number of aromatic nitrogens is 3. The number of nitrogens with zero attached hydrogens (tertiary/aromatic N) is 3. The fraction of sp³-hybridized carbons (Fsp3) is 0.529. The summed E-state index contributed by atoms with van der Waals surface area (Å²) < 4.78 is 1.85. The van der Waals surface area contributed by atoms with Crippen molar-refractivity contribution in [3.8, 4) is 0 Å². The van der Waals surface area contributed by atoms with Crippen molar-refractivity contribution in [2.24, 2.45) is 5.41 Å². The number of hydrogen-bond donors (Lipinski definition) is 1. The van der Waals surface area contributed by atoms with Crippen molar-refractivity contribution in [3.05, 3.63) is 42.5 Å². The van der Waals surface area contributed by atoms with Crippen LogP contribution in [0, 0.1) is 5.41 Å². The van der Waals surface area contributed by atoms with Crippen LogP contribution >= 0.6 is 0 Å². The Morgan fingerprint density at radius 1 is 1.33 bits per heavy atom. The zero-order valence-corrected chi connectivity index (χ0v) is 12.9. The lowest BCUT2D eigenvalue weighted by Gasteiger charge is -2.39. The van der Waals surface area contributed by atoms with E-state index in [0.717, 1.165) is 6.54 Å². The summed E-state index contributed by atoms with van der Waals surface area (Å²) >= 11 is 0. The molecule has 1 N–H and O–H groups in total. The van der Waals surface area contributed by atoms with Gasteiger partial charge in [0.05, 0.1) is 6.54 Å². The summed E-state index contributed by atoms with van der Waals surface area (Å²) in [6, 6.07) is 9.21. The highest BCUT2D eigenvalue weighted by Gasteiger charge is 2.31. The van der Waals surface area contributed by atoms with Gasteiger partial charge in [-0.1, -0.05) is 38.8 Å². The van der Waals surface area contributed by atoms with Gasteiger partial charge in [-0.25, -0.2) is 9.67 Å². The van der Waals surface area contributed by atoms with Crippen LogP contribution in [0.3, 0.4) is 0 Å². The van der Waals surface area contributed by atoms with Gasteiger partial charge in [0, 0.05) is 11.7 Å². The van der Waals surface area contributed by atoms with Crippen LogP contribution in [-0.4, -0.2) is 20.8 Å². The first-order chi connectivity index (χ1) is 10.1. The van der Waals surface area contributed by atoms with Crippen LogP contribution < -0.4 is 5.32 Å². The summed E-state index contributed by atoms with van der Waals surface area (Å²) in [5, 5.41) is 7.91. The molecule has 1 atom stereocenters. The van der Waals surface area contributed by atoms with Crippen LogP contribution in [0.2, 0.25) is 0 Å². The van der Waals surface area contributed by atoms with Crippen LogP contribution in [0.5, 0.6) is 0 Å². The molecule has 21 heavy (non-hydrogen) atoms. The van der Waals surface area contributed by atoms with Crippen LogP contribution in [-0.2, 0) is 6.54 Å². The molecule has 0 spiro atoms. The van der Waals surface area contributed by atoms with Gasteiger partial charge in [-0.2, -0.15) is 5.10 Å². The minimum atomic E-state index is 0.375. The fourth-order valence-electron chi connectivity index (χ4n) is 3.22. The number of anilines is 1. The van der Waals surface area contributed by atoms with Crippen molar-refractivity contribution in [2.75, 3.05) is 5.32 Å². The maximum Gasteiger partial charge on any atom is 0.137 e. The monoisotopic (exact) mass is 284 g/mol. The molecular formula is C17H24N4. The van der Waals surface area contributed by atoms with Gasteiger partial charge in [0.2, 0.25) is 0 Å². The number of hydrogen-bond acceptors (Lipinski definition) is 3. The lowest BCUT2D eigenvalue weighted by molar-refractivity contribution is 0.217. The molecule has 1 aliphatic carbocycles. The predicted octanol–water partition coefficient (Wildman–Crippen LogP) is 3.71. The quantitative estimate of drug-likeness (QED) is 0.930. The molecule has 0 saturated heterocycles. The third-order valence-electron chi connectivity index (χ3n) is 4.59. The van der Waals surface area contributed by atoms with E-state index in [9.17, 15) is 0 Å². The van der Waals surface area contributed by atoms with E-state index in [-0.39, 0.29) is 0 Å². The highest BCUT2D eigenvalue weighted by molar-refractivity contribution is 5.47. The van der Waals surface area contributed by atoms with Crippen molar-refractivity contribution in [2.45, 2.75) is 52.1 Å². The molecule has 1 heterocycles. The van der Waals surface area contributed by atoms with Crippen LogP contribution in [0.1, 0.15) is 45.1 Å². The Balaban J connectivity index is 1.71. The molecule has 1 aliphatic rings. The zero-order valence-electron chi connectivity index (χ0n) is 12.9. The Morgan fingerprint density at radius 3 is 3.00 bits per heavy atom. The Bertz CT molecular complexity index is 574. The Morgan fingerprint density at radius 2 is 2.24 bits per heavy atom. The smallest absolute Gasteiger partial charge is 0.137 e. The molecular weight excluding hydrogens is 260 g/mol. The van der Waals surface area contributed by atoms with Crippen molar-refractivity contribution in [3.63, 3.8) is 0 Å². The molecule has 1 saturated carbocycles. The molecule has 4 nitrogen and oxygen atoms in total. The Kier molecular flexibility index (Phi) is 3.95. The molecule has 0 radical (unpaired) electrons. The third kappa shape index (κ3) is 3.43. The molecule has 1 aromatic carbocycles. The second kappa shape index (κ2) is 5.88. The molecule has 0 aliphatic heterocycles. The normalized spacial score (nSPS) is 21.1. The van der Waals surface area contributed by atoms with Crippen LogP contribution in [0.15, 0.2) is 36.9 Å². The van der Waals surface area contributed by atoms with Crippen LogP contribution in [0.25, 0.3) is 0 Å². The average molecular weight is 284 g/mol. The maximum absolute atomic E-state index is 4.17. The van der Waals surface area contributed by atoms with Gasteiger partial charge < -0.3 is 5.32 Å². The van der Waals surface area contributed by atoms with Gasteiger partial charge in [0.15, 0.2) is 0 Å². The largest absolute Gasteiger partial charge is 0.382 e. The van der Waals surface area contributed by atoms with Gasteiger partial charge in [-0.3, -0.25) is 0 Å². The molecule has 0 amide bonds. The van der Waals surface area contributed by atoms with Crippen molar-refractivity contribution >= 4 is 5.69 Å². The zero-order chi connectivity index (χ0) is 14.7. The number of rotatable bonds is 4. The van der Waals surface area contributed by atoms with Gasteiger partial charge in [-0.15, -0.1) is 0 Å². The second-order valence-corrected chi connectivity index (χ2v) is 6.72. The van der Waals surface area contributed by atoms with Gasteiger partial charge >= 0.3 is 0 Å². The predicted molar refractivity (Wildman–Crippen MR) is 85.2 cm³/mol. The van der Waals surface area contributed by atoms with E-state index in [1.54, 1.807) is 12.7 Å². The van der Waals surface area contributed by atoms with Crippen molar-refractivity contribution in [1.82, 2.24) is 14.8 Å². The van der Waals surface area contributed by atoms with E-state index in [0.29, 0.717) is 11.5 Å². The minimum absolute atomic E-state index is 0.375. The summed E-state index contributed by atoms with van der Waals surface area (Å²) in [6.07, 6.45) is 8.60. The van der Waals surface area contributed by atoms with E-state index in [2.05, 4.69) is 53.5 Å². The highest BCUT2D eigenvalue weighted by Crippen LogP contribution is 2.37. The van der Waals surface area contributed by atoms with Crippen LogP contribution in [0.4, 0.5) is 5.69 Å². The minimum Gasteiger partial charge on any atom is -0.382 e. The van der Waals surface area contributed by atoms with Gasteiger partial charge in [0.25, 0.3) is 0 Å². The molecule has 4 heteroatoms. The molecule has 1 fully saturated rings. The van der Waals surface area contributed by atoms with Gasteiger partial charge in [-0.05, 0) is 36.0 Å². The molecule has 2 aromatic rings.